The van der Waals surface area contributed by atoms with Crippen LogP contribution in [0.25, 0.3) is 0 Å². The fourth-order valence-corrected chi connectivity index (χ4v) is 0.638. The van der Waals surface area contributed by atoms with Crippen LogP contribution in [0.15, 0.2) is 0 Å². The molecule has 0 fully saturated rings. The van der Waals surface area contributed by atoms with Crippen molar-refractivity contribution in [2.75, 3.05) is 13.8 Å². The monoisotopic (exact) mass is 302 g/mol. The summed E-state index contributed by atoms with van der Waals surface area (Å²) in [7, 11) is 0.500. The molecule has 0 rings (SSSR count). The molecule has 0 aliphatic rings. The minimum Gasteiger partial charge on any atom is -0.369 e. The Balaban J connectivity index is -0.000000249. The lowest BCUT2D eigenvalue weighted by Gasteiger charge is -2.11. The van der Waals surface area contributed by atoms with E-state index in [2.05, 4.69) is 4.74 Å². The van der Waals surface area contributed by atoms with Crippen LogP contribution in [0.3, 0.4) is 0 Å². The Hall–Kier alpha value is -0.530. The quantitative estimate of drug-likeness (QED) is 0.640. The van der Waals surface area contributed by atoms with Crippen LogP contribution in [0.4, 0.5) is 30.7 Å². The molecule has 0 spiro atoms. The molecule has 19 heavy (non-hydrogen) atoms. The maximum absolute atomic E-state index is 11.4. The fourth-order valence-electron chi connectivity index (χ4n) is 0.638. The molecule has 0 aromatic rings. The van der Waals surface area contributed by atoms with Crippen molar-refractivity contribution in [1.29, 1.82) is 0 Å². The molecule has 1 unspecified atom stereocenters. The maximum atomic E-state index is 11.4. The van der Waals surface area contributed by atoms with Gasteiger partial charge in [-0.05, 0) is 19.8 Å². The van der Waals surface area contributed by atoms with Crippen molar-refractivity contribution in [3.05, 3.63) is 0 Å². The molecule has 1 nitrogen and oxygen atoms in total. The van der Waals surface area contributed by atoms with E-state index in [0.717, 1.165) is 0 Å². The second-order valence-corrected chi connectivity index (χ2v) is 3.51. The zero-order chi connectivity index (χ0) is 16.1. The molecule has 8 heteroatoms. The number of hydrogen-bond donors (Lipinski definition) is 0. The van der Waals surface area contributed by atoms with E-state index in [1.54, 1.807) is 13.8 Å². The lowest BCUT2D eigenvalue weighted by atomic mass is 10.3. The Morgan fingerprint density at radius 3 is 1.47 bits per heavy atom. The third-order valence-corrected chi connectivity index (χ3v) is 1.64. The van der Waals surface area contributed by atoms with Crippen LogP contribution in [0.1, 0.15) is 40.0 Å². The van der Waals surface area contributed by atoms with Gasteiger partial charge >= 0.3 is 12.4 Å². The third-order valence-electron chi connectivity index (χ3n) is 1.64. The summed E-state index contributed by atoms with van der Waals surface area (Å²) in [4.78, 5) is 0. The average molecular weight is 302 g/mol. The van der Waals surface area contributed by atoms with Gasteiger partial charge in [-0.2, -0.15) is 26.3 Å². The molecule has 0 saturated carbocycles. The molecule has 0 heterocycles. The summed E-state index contributed by atoms with van der Waals surface area (Å²) in [6.07, 6.45) is -8.31. The van der Waals surface area contributed by atoms with Crippen LogP contribution < -0.4 is 0 Å². The Morgan fingerprint density at radius 1 is 0.895 bits per heavy atom. The Morgan fingerprint density at radius 2 is 1.32 bits per heavy atom. The summed E-state index contributed by atoms with van der Waals surface area (Å²) in [6, 6.07) is 0. The normalized spacial score (nSPS) is 12.8. The highest BCUT2D eigenvalue weighted by Crippen LogP contribution is 2.20. The molecule has 0 aromatic carbocycles. The zero-order valence-corrected chi connectivity index (χ0v) is 11.5. The van der Waals surface area contributed by atoms with E-state index in [-0.39, 0.29) is 12.5 Å². The Bertz CT molecular complexity index is 177. The summed E-state index contributed by atoms with van der Waals surface area (Å²) < 4.78 is 81.4. The van der Waals surface area contributed by atoms with E-state index in [9.17, 15) is 30.7 Å². The van der Waals surface area contributed by atoms with Gasteiger partial charge in [-0.25, -0.2) is 0 Å². The van der Waals surface area contributed by atoms with Gasteiger partial charge in [0.05, 0.1) is 13.3 Å². The third kappa shape index (κ3) is 31.8. The lowest BCUT2D eigenvalue weighted by molar-refractivity contribution is -0.183. The number of alkyl halides is 7. The molecule has 0 aliphatic heterocycles. The second-order valence-electron chi connectivity index (χ2n) is 3.51. The van der Waals surface area contributed by atoms with Crippen molar-refractivity contribution in [2.24, 2.45) is 0 Å². The summed E-state index contributed by atoms with van der Waals surface area (Å²) >= 11 is 0. The van der Waals surface area contributed by atoms with E-state index < -0.39 is 25.4 Å². The molecular formula is C11H21F7O. The van der Waals surface area contributed by atoms with E-state index in [1.165, 1.54) is 6.92 Å². The van der Waals surface area contributed by atoms with Gasteiger partial charge in [-0.1, -0.05) is 13.8 Å². The largest absolute Gasteiger partial charge is 0.411 e. The SMILES string of the molecule is CCC(C)OCC(F)(F)F.CCCC(F)(F)F.CF. The first-order valence-electron chi connectivity index (χ1n) is 5.64. The first-order chi connectivity index (χ1) is 8.52. The van der Waals surface area contributed by atoms with Crippen molar-refractivity contribution in [2.45, 2.75) is 58.5 Å². The van der Waals surface area contributed by atoms with E-state index >= 15 is 0 Å². The maximum Gasteiger partial charge on any atom is 0.411 e. The highest BCUT2D eigenvalue weighted by molar-refractivity contribution is 4.50. The number of hydrogen-bond acceptors (Lipinski definition) is 1. The van der Waals surface area contributed by atoms with Gasteiger partial charge in [-0.3, -0.25) is 4.39 Å². The van der Waals surface area contributed by atoms with Crippen molar-refractivity contribution < 1.29 is 35.5 Å². The van der Waals surface area contributed by atoms with Gasteiger partial charge in [0.2, 0.25) is 0 Å². The smallest absolute Gasteiger partial charge is 0.369 e. The molecule has 120 valence electrons. The van der Waals surface area contributed by atoms with Crippen LogP contribution in [-0.4, -0.2) is 32.2 Å². The number of rotatable bonds is 4. The molecule has 0 saturated heterocycles. The highest BCUT2D eigenvalue weighted by atomic mass is 19.4. The van der Waals surface area contributed by atoms with Gasteiger partial charge in [0, 0.05) is 6.42 Å². The number of ether oxygens (including phenoxy) is 1. The van der Waals surface area contributed by atoms with Crippen LogP contribution in [0, 0.1) is 0 Å². The zero-order valence-electron chi connectivity index (χ0n) is 11.5. The summed E-state index contributed by atoms with van der Waals surface area (Å²) in [5.74, 6) is 0. The molecule has 0 bridgehead atoms. The van der Waals surface area contributed by atoms with Crippen LogP contribution >= 0.6 is 0 Å². The molecular weight excluding hydrogens is 281 g/mol. The van der Waals surface area contributed by atoms with Crippen molar-refractivity contribution in [1.82, 2.24) is 0 Å². The summed E-state index contributed by atoms with van der Waals surface area (Å²) in [5.41, 5.74) is 0. The first kappa shape index (κ1) is 23.6. The molecule has 0 aliphatic carbocycles. The van der Waals surface area contributed by atoms with Crippen LogP contribution in [-0.2, 0) is 4.74 Å². The van der Waals surface area contributed by atoms with Gasteiger partial charge in [0.25, 0.3) is 0 Å². The van der Waals surface area contributed by atoms with Crippen LogP contribution in [0.2, 0.25) is 0 Å². The minimum atomic E-state index is -4.19. The van der Waals surface area contributed by atoms with Gasteiger partial charge in [0.15, 0.2) is 0 Å². The first-order valence-corrected chi connectivity index (χ1v) is 5.64. The lowest BCUT2D eigenvalue weighted by Crippen LogP contribution is -2.21. The van der Waals surface area contributed by atoms with Gasteiger partial charge in [-0.15, -0.1) is 0 Å². The van der Waals surface area contributed by atoms with Crippen molar-refractivity contribution >= 4 is 0 Å². The predicted octanol–water partition coefficient (Wildman–Crippen LogP) is 5.30. The molecule has 0 radical (unpaired) electrons. The van der Waals surface area contributed by atoms with Crippen molar-refractivity contribution in [3.8, 4) is 0 Å². The average Bonchev–Trinajstić information content (AvgIpc) is 2.27. The number of halogens is 7. The minimum absolute atomic E-state index is 0.184. The van der Waals surface area contributed by atoms with Gasteiger partial charge < -0.3 is 4.74 Å². The Labute approximate surface area is 109 Å². The van der Waals surface area contributed by atoms with Crippen molar-refractivity contribution in [3.63, 3.8) is 0 Å². The molecule has 0 amide bonds. The van der Waals surface area contributed by atoms with E-state index in [4.69, 9.17) is 0 Å². The second kappa shape index (κ2) is 12.5. The topological polar surface area (TPSA) is 9.23 Å². The van der Waals surface area contributed by atoms with E-state index in [1.807, 2.05) is 0 Å². The van der Waals surface area contributed by atoms with Gasteiger partial charge in [0.1, 0.15) is 6.61 Å². The summed E-state index contributed by atoms with van der Waals surface area (Å²) in [5, 5.41) is 0. The Kier molecular flexibility index (Phi) is 15.5. The highest BCUT2D eigenvalue weighted by Gasteiger charge is 2.28. The van der Waals surface area contributed by atoms with Crippen LogP contribution in [0.5, 0.6) is 0 Å². The molecule has 1 atom stereocenters. The fraction of sp³-hybridized carbons (Fsp3) is 1.00. The predicted molar refractivity (Wildman–Crippen MR) is 59.8 cm³/mol. The van der Waals surface area contributed by atoms with E-state index in [0.29, 0.717) is 13.6 Å². The standard InChI is InChI=1S/C6H11F3O.C4H7F3.CH3F/c1-3-5(2)10-4-6(7,8)9;1-2-3-4(5,6)7;1-2/h5H,3-4H2,1-2H3;2-3H2,1H3;1H3. The summed E-state index contributed by atoms with van der Waals surface area (Å²) in [6.45, 7) is 3.77. The molecule has 0 N–H and O–H groups in total. The molecule has 0 aromatic heterocycles.